The van der Waals surface area contributed by atoms with E-state index in [2.05, 4.69) is 29.8 Å². The van der Waals surface area contributed by atoms with Gasteiger partial charge in [-0.3, -0.25) is 9.78 Å². The number of amides is 1. The van der Waals surface area contributed by atoms with Crippen LogP contribution in [0.15, 0.2) is 36.0 Å². The van der Waals surface area contributed by atoms with Crippen LogP contribution in [0.25, 0.3) is 4.85 Å². The largest absolute Gasteiger partial charge is 0.360 e. The molecule has 0 radical (unpaired) electrons. The van der Waals surface area contributed by atoms with Gasteiger partial charge in [-0.25, -0.2) is 9.40 Å². The van der Waals surface area contributed by atoms with Crippen LogP contribution < -0.4 is 4.90 Å². The van der Waals surface area contributed by atoms with Gasteiger partial charge in [0.15, 0.2) is 0 Å². The van der Waals surface area contributed by atoms with Crippen LogP contribution in [-0.2, 0) is 4.79 Å². The number of anilines is 1. The average Bonchev–Trinajstić information content (AvgIpc) is 3.48. The van der Waals surface area contributed by atoms with E-state index in [1.807, 2.05) is 0 Å². The molecule has 0 spiro atoms. The molecule has 1 amide bonds. The van der Waals surface area contributed by atoms with Crippen molar-refractivity contribution < 1.29 is 9.18 Å². The highest BCUT2D eigenvalue weighted by Crippen LogP contribution is 2.44. The summed E-state index contributed by atoms with van der Waals surface area (Å²) in [6.07, 6.45) is 8.09. The molecule has 1 saturated heterocycles. The summed E-state index contributed by atoms with van der Waals surface area (Å²) in [6, 6.07) is 2.85. The number of rotatable bonds is 3. The van der Waals surface area contributed by atoms with Crippen molar-refractivity contribution in [2.24, 2.45) is 22.9 Å². The lowest BCUT2D eigenvalue weighted by molar-refractivity contribution is -0.137. The zero-order valence-electron chi connectivity index (χ0n) is 16.2. The first-order valence-corrected chi connectivity index (χ1v) is 10.0. The number of fused-ring (bicyclic) bond motifs is 1. The molecule has 3 unspecified atom stereocenters. The van der Waals surface area contributed by atoms with Crippen LogP contribution in [0.3, 0.4) is 0 Å². The van der Waals surface area contributed by atoms with Gasteiger partial charge in [0, 0.05) is 43.9 Å². The summed E-state index contributed by atoms with van der Waals surface area (Å²) in [5, 5.41) is 5.82. The Morgan fingerprint density at radius 2 is 1.97 bits per heavy atom. The quantitative estimate of drug-likeness (QED) is 0.734. The van der Waals surface area contributed by atoms with Gasteiger partial charge in [0.1, 0.15) is 11.6 Å². The van der Waals surface area contributed by atoms with Crippen molar-refractivity contribution in [3.05, 3.63) is 53.7 Å². The van der Waals surface area contributed by atoms with Crippen LogP contribution in [0, 0.1) is 30.1 Å². The Balaban J connectivity index is 1.25. The summed E-state index contributed by atoms with van der Waals surface area (Å²) in [5.41, 5.74) is 0.671. The van der Waals surface area contributed by atoms with Gasteiger partial charge >= 0.3 is 0 Å². The molecule has 0 N–H and O–H groups in total. The number of pyridine rings is 1. The maximum atomic E-state index is 13.6. The third-order valence-electron chi connectivity index (χ3n) is 6.34. The molecule has 0 bridgehead atoms. The highest BCUT2D eigenvalue weighted by atomic mass is 19.1. The molecule has 8 nitrogen and oxygen atoms in total. The summed E-state index contributed by atoms with van der Waals surface area (Å²) in [7, 11) is 0. The summed E-state index contributed by atoms with van der Waals surface area (Å²) in [4.78, 5) is 30.9. The summed E-state index contributed by atoms with van der Waals surface area (Å²) in [5.74, 6) is 1.46. The lowest BCUT2D eigenvalue weighted by Crippen LogP contribution is -2.33. The van der Waals surface area contributed by atoms with E-state index in [0.717, 1.165) is 37.9 Å². The Bertz CT molecular complexity index is 1040. The SMILES string of the molecule is [C-]#[N+]c1cc(N2CC3CC(C(=O)N4N=CCC4c4cncc(F)c4)CC3C2)ncn1. The Labute approximate surface area is 173 Å². The third kappa shape index (κ3) is 3.28. The second-order valence-electron chi connectivity index (χ2n) is 8.11. The van der Waals surface area contributed by atoms with Gasteiger partial charge in [-0.05, 0) is 36.3 Å². The van der Waals surface area contributed by atoms with Crippen molar-refractivity contribution >= 4 is 23.8 Å². The van der Waals surface area contributed by atoms with E-state index < -0.39 is 5.82 Å². The lowest BCUT2D eigenvalue weighted by Gasteiger charge is -2.26. The average molecular weight is 405 g/mol. The van der Waals surface area contributed by atoms with Gasteiger partial charge in [-0.1, -0.05) is 6.57 Å². The number of halogens is 1. The molecule has 2 aromatic heterocycles. The number of hydrazone groups is 1. The molecule has 2 fully saturated rings. The number of carbonyl (C=O) groups excluding carboxylic acids is 1. The molecule has 9 heteroatoms. The smallest absolute Gasteiger partial charge is 0.274 e. The predicted molar refractivity (Wildman–Crippen MR) is 107 cm³/mol. The predicted octanol–water partition coefficient (Wildman–Crippen LogP) is 2.98. The van der Waals surface area contributed by atoms with Crippen molar-refractivity contribution in [1.29, 1.82) is 0 Å². The zero-order valence-corrected chi connectivity index (χ0v) is 16.2. The fraction of sp³-hybridized carbons (Fsp3) is 0.429. The van der Waals surface area contributed by atoms with E-state index in [4.69, 9.17) is 6.57 Å². The van der Waals surface area contributed by atoms with Gasteiger partial charge in [0.05, 0.1) is 12.2 Å². The van der Waals surface area contributed by atoms with E-state index in [0.29, 0.717) is 29.6 Å². The van der Waals surface area contributed by atoms with E-state index in [1.165, 1.54) is 17.4 Å². The molecule has 0 aromatic carbocycles. The fourth-order valence-electron chi connectivity index (χ4n) is 4.96. The van der Waals surface area contributed by atoms with Crippen molar-refractivity contribution in [3.63, 3.8) is 0 Å². The first-order valence-electron chi connectivity index (χ1n) is 10.0. The third-order valence-corrected chi connectivity index (χ3v) is 6.34. The summed E-state index contributed by atoms with van der Waals surface area (Å²) < 4.78 is 13.6. The monoisotopic (exact) mass is 405 g/mol. The maximum absolute atomic E-state index is 13.6. The van der Waals surface area contributed by atoms with Crippen LogP contribution in [-0.4, -0.2) is 45.2 Å². The molecule has 5 rings (SSSR count). The van der Waals surface area contributed by atoms with Crippen LogP contribution in [0.4, 0.5) is 16.0 Å². The van der Waals surface area contributed by atoms with Gasteiger partial charge in [0.25, 0.3) is 5.82 Å². The van der Waals surface area contributed by atoms with Gasteiger partial charge in [0.2, 0.25) is 12.2 Å². The first kappa shape index (κ1) is 18.6. The van der Waals surface area contributed by atoms with Crippen LogP contribution in [0.1, 0.15) is 30.9 Å². The molecule has 152 valence electrons. The van der Waals surface area contributed by atoms with Crippen LogP contribution in [0.2, 0.25) is 0 Å². The van der Waals surface area contributed by atoms with E-state index in [-0.39, 0.29) is 17.9 Å². The molecule has 1 saturated carbocycles. The first-order chi connectivity index (χ1) is 14.6. The molecule has 1 aliphatic carbocycles. The van der Waals surface area contributed by atoms with E-state index in [9.17, 15) is 9.18 Å². The maximum Gasteiger partial charge on any atom is 0.274 e. The zero-order chi connectivity index (χ0) is 20.7. The van der Waals surface area contributed by atoms with Gasteiger partial charge in [-0.2, -0.15) is 10.1 Å². The van der Waals surface area contributed by atoms with Crippen molar-refractivity contribution in [3.8, 4) is 0 Å². The minimum absolute atomic E-state index is 0.0105. The number of hydrogen-bond acceptors (Lipinski definition) is 6. The fourth-order valence-corrected chi connectivity index (χ4v) is 4.96. The molecule has 3 atom stereocenters. The lowest BCUT2D eigenvalue weighted by atomic mass is 10.0. The van der Waals surface area contributed by atoms with Gasteiger partial charge < -0.3 is 9.74 Å². The molecular formula is C21H20FN7O. The van der Waals surface area contributed by atoms with Crippen molar-refractivity contribution in [1.82, 2.24) is 20.0 Å². The number of hydrogen-bond donors (Lipinski definition) is 0. The minimum Gasteiger partial charge on any atom is -0.360 e. The number of carbonyl (C=O) groups is 1. The Hall–Kier alpha value is -3.41. The number of aromatic nitrogens is 3. The molecular weight excluding hydrogens is 385 g/mol. The molecule has 4 heterocycles. The second-order valence-corrected chi connectivity index (χ2v) is 8.11. The van der Waals surface area contributed by atoms with Crippen LogP contribution in [0.5, 0.6) is 0 Å². The minimum atomic E-state index is -0.409. The standard InChI is InChI=1S/C21H20FN7O/c1-23-19-7-20(26-12-25-19)28-10-15-4-13(5-16(15)11-28)21(30)29-18(2-3-27-29)14-6-17(22)9-24-8-14/h3,6-9,12-13,15-16,18H,2,4-5,10-11H2. The van der Waals surface area contributed by atoms with Crippen molar-refractivity contribution in [2.75, 3.05) is 18.0 Å². The summed E-state index contributed by atoms with van der Waals surface area (Å²) >= 11 is 0. The Morgan fingerprint density at radius 3 is 2.70 bits per heavy atom. The Kier molecular flexibility index (Phi) is 4.62. The highest BCUT2D eigenvalue weighted by molar-refractivity contribution is 5.82. The molecule has 3 aliphatic rings. The Morgan fingerprint density at radius 1 is 1.17 bits per heavy atom. The summed E-state index contributed by atoms with van der Waals surface area (Å²) in [6.45, 7) is 8.77. The van der Waals surface area contributed by atoms with Crippen molar-refractivity contribution in [2.45, 2.75) is 25.3 Å². The molecule has 30 heavy (non-hydrogen) atoms. The topological polar surface area (TPSA) is 78.9 Å². The van der Waals surface area contributed by atoms with Gasteiger partial charge in [-0.15, -0.1) is 4.98 Å². The molecule has 2 aliphatic heterocycles. The molecule has 2 aromatic rings. The normalized spacial score (nSPS) is 27.3. The number of nitrogens with zero attached hydrogens (tertiary/aromatic N) is 7. The highest BCUT2D eigenvalue weighted by Gasteiger charge is 2.46. The van der Waals surface area contributed by atoms with Crippen LogP contribution >= 0.6 is 0 Å². The van der Waals surface area contributed by atoms with E-state index >= 15 is 0 Å². The van der Waals surface area contributed by atoms with E-state index in [1.54, 1.807) is 18.5 Å². The second kappa shape index (κ2) is 7.44.